The van der Waals surface area contributed by atoms with E-state index in [1.165, 1.54) is 19.3 Å². The first-order chi connectivity index (χ1) is 6.99. The quantitative estimate of drug-likeness (QED) is 0.463. The first-order valence-corrected chi connectivity index (χ1v) is 8.12. The summed E-state index contributed by atoms with van der Waals surface area (Å²) in [6.45, 7) is 9.00. The molecule has 0 bridgehead atoms. The van der Waals surface area contributed by atoms with Crippen molar-refractivity contribution in [2.45, 2.75) is 64.5 Å². The predicted octanol–water partition coefficient (Wildman–Crippen LogP) is 4.10. The fourth-order valence-electron chi connectivity index (χ4n) is 2.06. The van der Waals surface area contributed by atoms with Crippen LogP contribution in [0, 0.1) is 0 Å². The van der Waals surface area contributed by atoms with E-state index in [9.17, 15) is 0 Å². The second-order valence-electron chi connectivity index (χ2n) is 4.86. The van der Waals surface area contributed by atoms with Crippen LogP contribution in [-0.2, 0) is 8.85 Å². The zero-order chi connectivity index (χ0) is 11.9. The van der Waals surface area contributed by atoms with Gasteiger partial charge in [-0.1, -0.05) is 47.0 Å². The molecule has 3 heteroatoms. The predicted molar refractivity (Wildman–Crippen MR) is 68.4 cm³/mol. The Labute approximate surface area is 96.6 Å². The van der Waals surface area contributed by atoms with Crippen LogP contribution in [0.15, 0.2) is 0 Å². The lowest BCUT2D eigenvalue weighted by molar-refractivity contribution is 0.206. The summed E-state index contributed by atoms with van der Waals surface area (Å²) in [5.41, 5.74) is 0. The van der Waals surface area contributed by atoms with E-state index in [2.05, 4.69) is 27.7 Å². The van der Waals surface area contributed by atoms with E-state index in [1.54, 1.807) is 0 Å². The molecule has 0 fully saturated rings. The molecule has 15 heavy (non-hydrogen) atoms. The Kier molecular flexibility index (Phi) is 6.72. The van der Waals surface area contributed by atoms with Gasteiger partial charge in [-0.25, -0.2) is 0 Å². The maximum Gasteiger partial charge on any atom is 0.343 e. The van der Waals surface area contributed by atoms with E-state index < -0.39 is 8.56 Å². The molecule has 0 aromatic carbocycles. The van der Waals surface area contributed by atoms with E-state index in [-0.39, 0.29) is 5.04 Å². The Morgan fingerprint density at radius 3 is 1.87 bits per heavy atom. The first kappa shape index (κ1) is 15.1. The topological polar surface area (TPSA) is 18.5 Å². The van der Waals surface area contributed by atoms with E-state index in [4.69, 9.17) is 8.85 Å². The summed E-state index contributed by atoms with van der Waals surface area (Å²) in [4.78, 5) is 0. The minimum atomic E-state index is -2.01. The van der Waals surface area contributed by atoms with Crippen molar-refractivity contribution in [3.05, 3.63) is 0 Å². The zero-order valence-electron chi connectivity index (χ0n) is 11.4. The van der Waals surface area contributed by atoms with Crippen molar-refractivity contribution in [1.29, 1.82) is 0 Å². The highest BCUT2D eigenvalue weighted by molar-refractivity contribution is 6.70. The molecule has 0 saturated heterocycles. The van der Waals surface area contributed by atoms with Crippen LogP contribution in [0.25, 0.3) is 0 Å². The first-order valence-electron chi connectivity index (χ1n) is 6.10. The third-order valence-electron chi connectivity index (χ3n) is 3.68. The van der Waals surface area contributed by atoms with Crippen molar-refractivity contribution in [3.63, 3.8) is 0 Å². The molecule has 0 heterocycles. The summed E-state index contributed by atoms with van der Waals surface area (Å²) in [6.07, 6.45) is 4.88. The molecule has 0 aliphatic heterocycles. The number of hydrogen-bond donors (Lipinski definition) is 0. The Morgan fingerprint density at radius 1 is 1.00 bits per heavy atom. The molecule has 0 aliphatic rings. The van der Waals surface area contributed by atoms with Crippen LogP contribution in [0.3, 0.4) is 0 Å². The molecule has 0 unspecified atom stereocenters. The lowest BCUT2D eigenvalue weighted by Crippen LogP contribution is -2.49. The van der Waals surface area contributed by atoms with Gasteiger partial charge in [-0.2, -0.15) is 0 Å². The smallest absolute Gasteiger partial charge is 0.343 e. The molecule has 0 atom stereocenters. The van der Waals surface area contributed by atoms with E-state index in [0.717, 1.165) is 12.5 Å². The van der Waals surface area contributed by atoms with Gasteiger partial charge < -0.3 is 8.85 Å². The molecule has 2 nitrogen and oxygen atoms in total. The summed E-state index contributed by atoms with van der Waals surface area (Å²) in [6, 6.07) is 1.12. The maximum absolute atomic E-state index is 5.81. The van der Waals surface area contributed by atoms with Crippen molar-refractivity contribution in [2.75, 3.05) is 14.2 Å². The fourth-order valence-corrected chi connectivity index (χ4v) is 5.67. The fraction of sp³-hybridized carbons (Fsp3) is 1.00. The summed E-state index contributed by atoms with van der Waals surface area (Å²) >= 11 is 0. The van der Waals surface area contributed by atoms with Crippen molar-refractivity contribution in [2.24, 2.45) is 0 Å². The van der Waals surface area contributed by atoms with Gasteiger partial charge in [0, 0.05) is 19.3 Å². The molecular weight excluding hydrogens is 204 g/mol. The molecule has 0 aromatic rings. The maximum atomic E-state index is 5.81. The minimum absolute atomic E-state index is 0.199. The molecule has 0 amide bonds. The van der Waals surface area contributed by atoms with Crippen molar-refractivity contribution >= 4 is 8.56 Å². The highest BCUT2D eigenvalue weighted by Crippen LogP contribution is 2.44. The van der Waals surface area contributed by atoms with Gasteiger partial charge in [0.25, 0.3) is 0 Å². The standard InChI is InChI=1S/C12H28O2Si/c1-7-9-10-11-15(13-5,14-6)12(3,4)8-2/h7-11H2,1-6H3. The average molecular weight is 232 g/mol. The van der Waals surface area contributed by atoms with Crippen LogP contribution < -0.4 is 0 Å². The van der Waals surface area contributed by atoms with Crippen LogP contribution in [0.2, 0.25) is 11.1 Å². The number of unbranched alkanes of at least 4 members (excludes halogenated alkanes) is 2. The van der Waals surface area contributed by atoms with Gasteiger partial charge in [-0.05, 0) is 12.5 Å². The third-order valence-corrected chi connectivity index (χ3v) is 8.43. The second kappa shape index (κ2) is 6.66. The molecule has 0 saturated carbocycles. The molecule has 0 rings (SSSR count). The van der Waals surface area contributed by atoms with Crippen LogP contribution in [0.5, 0.6) is 0 Å². The van der Waals surface area contributed by atoms with Crippen LogP contribution in [0.4, 0.5) is 0 Å². The van der Waals surface area contributed by atoms with Crippen LogP contribution >= 0.6 is 0 Å². The van der Waals surface area contributed by atoms with Gasteiger partial charge in [-0.15, -0.1) is 0 Å². The largest absolute Gasteiger partial charge is 0.397 e. The Morgan fingerprint density at radius 2 is 1.53 bits per heavy atom. The lowest BCUT2D eigenvalue weighted by Gasteiger charge is -2.41. The van der Waals surface area contributed by atoms with Crippen LogP contribution in [0.1, 0.15) is 53.4 Å². The van der Waals surface area contributed by atoms with Crippen molar-refractivity contribution < 1.29 is 8.85 Å². The monoisotopic (exact) mass is 232 g/mol. The Bertz CT molecular complexity index is 165. The van der Waals surface area contributed by atoms with Crippen molar-refractivity contribution in [1.82, 2.24) is 0 Å². The molecule has 0 spiro atoms. The summed E-state index contributed by atoms with van der Waals surface area (Å²) < 4.78 is 11.6. The summed E-state index contributed by atoms with van der Waals surface area (Å²) in [5.74, 6) is 0. The molecule has 0 radical (unpaired) electrons. The molecule has 92 valence electrons. The Balaban J connectivity index is 4.57. The number of rotatable bonds is 8. The molecule has 0 aliphatic carbocycles. The van der Waals surface area contributed by atoms with E-state index >= 15 is 0 Å². The third kappa shape index (κ3) is 3.57. The molecule has 0 aromatic heterocycles. The molecular formula is C12H28O2Si. The highest BCUT2D eigenvalue weighted by Gasteiger charge is 2.48. The second-order valence-corrected chi connectivity index (χ2v) is 9.03. The van der Waals surface area contributed by atoms with Crippen LogP contribution in [-0.4, -0.2) is 22.8 Å². The van der Waals surface area contributed by atoms with Gasteiger partial charge >= 0.3 is 8.56 Å². The number of hydrogen-bond acceptors (Lipinski definition) is 2. The normalized spacial score (nSPS) is 13.2. The van der Waals surface area contributed by atoms with E-state index in [1.807, 2.05) is 14.2 Å². The van der Waals surface area contributed by atoms with Gasteiger partial charge in [0.15, 0.2) is 0 Å². The highest BCUT2D eigenvalue weighted by atomic mass is 28.4. The average Bonchev–Trinajstić information content (AvgIpc) is 2.24. The summed E-state index contributed by atoms with van der Waals surface area (Å²) in [7, 11) is 1.63. The zero-order valence-corrected chi connectivity index (χ0v) is 12.4. The van der Waals surface area contributed by atoms with Gasteiger partial charge in [0.2, 0.25) is 0 Å². The minimum Gasteiger partial charge on any atom is -0.397 e. The Hall–Kier alpha value is 0.137. The SMILES string of the molecule is CCCCC[Si](OC)(OC)C(C)(C)CC. The molecule has 0 N–H and O–H groups in total. The van der Waals surface area contributed by atoms with Gasteiger partial charge in [0.1, 0.15) is 0 Å². The van der Waals surface area contributed by atoms with E-state index in [0.29, 0.717) is 0 Å². The van der Waals surface area contributed by atoms with Gasteiger partial charge in [-0.3, -0.25) is 0 Å². The summed E-state index contributed by atoms with van der Waals surface area (Å²) in [5, 5.41) is 0.199. The van der Waals surface area contributed by atoms with Crippen molar-refractivity contribution in [3.8, 4) is 0 Å². The lowest BCUT2D eigenvalue weighted by atomic mass is 10.1. The van der Waals surface area contributed by atoms with Gasteiger partial charge in [0.05, 0.1) is 0 Å².